The molecule has 1 rings (SSSR count). The van der Waals surface area contributed by atoms with Crippen molar-refractivity contribution in [2.45, 2.75) is 4.90 Å². The summed E-state index contributed by atoms with van der Waals surface area (Å²) >= 11 is 10.6. The van der Waals surface area contributed by atoms with Gasteiger partial charge in [0.25, 0.3) is 0 Å². The van der Waals surface area contributed by atoms with E-state index >= 15 is 0 Å². The third-order valence-electron chi connectivity index (χ3n) is 1.70. The standard InChI is InChI=1S/C7H11ClN3OPS2/c1-11(13(9,10)14)15(12)7-4-2-6(8)3-5-7/h2-5H,1H3,(H4,9,10,14). The molecular formula is C7H11ClN3OPS2. The van der Waals surface area contributed by atoms with Gasteiger partial charge in [-0.05, 0) is 36.1 Å². The van der Waals surface area contributed by atoms with Gasteiger partial charge in [0, 0.05) is 12.1 Å². The molecule has 4 nitrogen and oxygen atoms in total. The van der Waals surface area contributed by atoms with Crippen molar-refractivity contribution in [3.63, 3.8) is 0 Å². The zero-order valence-electron chi connectivity index (χ0n) is 7.96. The second-order valence-corrected chi connectivity index (χ2v) is 8.76. The molecule has 0 saturated heterocycles. The van der Waals surface area contributed by atoms with Crippen LogP contribution in [0.25, 0.3) is 0 Å². The second-order valence-electron chi connectivity index (χ2n) is 2.84. The Morgan fingerprint density at radius 1 is 1.40 bits per heavy atom. The summed E-state index contributed by atoms with van der Waals surface area (Å²) in [5, 5.41) is 0.582. The van der Waals surface area contributed by atoms with Crippen molar-refractivity contribution in [3.8, 4) is 0 Å². The summed E-state index contributed by atoms with van der Waals surface area (Å²) in [6.07, 6.45) is 0. The summed E-state index contributed by atoms with van der Waals surface area (Å²) in [4.78, 5) is 0.576. The molecule has 8 heteroatoms. The minimum absolute atomic E-state index is 0.576. The molecule has 4 N–H and O–H groups in total. The van der Waals surface area contributed by atoms with E-state index < -0.39 is 17.5 Å². The summed E-state index contributed by atoms with van der Waals surface area (Å²) in [6.45, 7) is -2.66. The molecule has 15 heavy (non-hydrogen) atoms. The molecule has 84 valence electrons. The predicted octanol–water partition coefficient (Wildman–Crippen LogP) is 1.44. The zero-order chi connectivity index (χ0) is 11.6. The summed E-state index contributed by atoms with van der Waals surface area (Å²) in [5.74, 6) is 0. The van der Waals surface area contributed by atoms with E-state index in [2.05, 4.69) is 0 Å². The van der Waals surface area contributed by atoms with Gasteiger partial charge >= 0.3 is 0 Å². The van der Waals surface area contributed by atoms with Crippen LogP contribution in [-0.4, -0.2) is 15.3 Å². The van der Waals surface area contributed by atoms with Crippen LogP contribution in [0.5, 0.6) is 0 Å². The van der Waals surface area contributed by atoms with E-state index in [0.717, 1.165) is 0 Å². The van der Waals surface area contributed by atoms with Crippen LogP contribution in [0.4, 0.5) is 0 Å². The monoisotopic (exact) mass is 283 g/mol. The second kappa shape index (κ2) is 5.01. The largest absolute Gasteiger partial charge is 0.279 e. The number of hydrogen-bond donors (Lipinski definition) is 2. The van der Waals surface area contributed by atoms with Crippen molar-refractivity contribution < 1.29 is 4.21 Å². The fourth-order valence-electron chi connectivity index (χ4n) is 0.819. The van der Waals surface area contributed by atoms with Gasteiger partial charge in [-0.3, -0.25) is 11.0 Å². The molecule has 0 aliphatic heterocycles. The number of benzene rings is 1. The summed E-state index contributed by atoms with van der Waals surface area (Å²) in [6, 6.07) is 6.61. The Bertz CT molecular complexity index is 419. The SMILES string of the molecule is CN(S(=O)c1ccc(Cl)cc1)P(N)(N)=S. The van der Waals surface area contributed by atoms with Crippen LogP contribution in [0, 0.1) is 0 Å². The molecule has 0 aliphatic carbocycles. The molecule has 1 aromatic carbocycles. The van der Waals surface area contributed by atoms with Gasteiger partial charge in [-0.2, -0.15) is 4.08 Å². The van der Waals surface area contributed by atoms with Gasteiger partial charge in [-0.15, -0.1) is 0 Å². The molecule has 1 unspecified atom stereocenters. The van der Waals surface area contributed by atoms with E-state index in [1.807, 2.05) is 0 Å². The lowest BCUT2D eigenvalue weighted by molar-refractivity contribution is 0.655. The van der Waals surface area contributed by atoms with E-state index in [1.165, 1.54) is 4.08 Å². The fourth-order valence-corrected chi connectivity index (χ4v) is 3.37. The van der Waals surface area contributed by atoms with Crippen LogP contribution in [0.2, 0.25) is 5.02 Å². The Balaban J connectivity index is 2.96. The number of halogens is 1. The van der Waals surface area contributed by atoms with Gasteiger partial charge in [0.2, 0.25) is 0 Å². The molecule has 0 amide bonds. The minimum atomic E-state index is -2.66. The summed E-state index contributed by atoms with van der Waals surface area (Å²) < 4.78 is 13.2. The zero-order valence-corrected chi connectivity index (χ0v) is 11.2. The highest BCUT2D eigenvalue weighted by molar-refractivity contribution is 8.14. The lowest BCUT2D eigenvalue weighted by Crippen LogP contribution is -2.26. The number of nitrogens with two attached hydrogens (primary N) is 2. The molecule has 0 radical (unpaired) electrons. The molecule has 0 aliphatic rings. The van der Waals surface area contributed by atoms with Crippen molar-refractivity contribution in [3.05, 3.63) is 29.3 Å². The highest BCUT2D eigenvalue weighted by Crippen LogP contribution is 2.33. The van der Waals surface area contributed by atoms with Gasteiger partial charge in [-0.25, -0.2) is 4.21 Å². The number of nitrogens with zero attached hydrogens (tertiary/aromatic N) is 1. The van der Waals surface area contributed by atoms with Crippen molar-refractivity contribution in [1.82, 2.24) is 4.08 Å². The Kier molecular flexibility index (Phi) is 4.43. The van der Waals surface area contributed by atoms with Gasteiger partial charge in [0.1, 0.15) is 17.5 Å². The Morgan fingerprint density at radius 2 is 1.87 bits per heavy atom. The lowest BCUT2D eigenvalue weighted by atomic mass is 10.4. The van der Waals surface area contributed by atoms with Crippen LogP contribution in [0.3, 0.4) is 0 Å². The first kappa shape index (κ1) is 13.3. The van der Waals surface area contributed by atoms with Crippen molar-refractivity contribution in [2.75, 3.05) is 7.05 Å². The average Bonchev–Trinajstić information content (AvgIpc) is 2.15. The van der Waals surface area contributed by atoms with Gasteiger partial charge in [0.15, 0.2) is 0 Å². The maximum Gasteiger partial charge on any atom is 0.146 e. The summed E-state index contributed by atoms with van der Waals surface area (Å²) in [5.41, 5.74) is 11.1. The smallest absolute Gasteiger partial charge is 0.146 e. The van der Waals surface area contributed by atoms with Crippen LogP contribution in [-0.2, 0) is 22.8 Å². The fraction of sp³-hybridized carbons (Fsp3) is 0.143. The molecule has 0 heterocycles. The molecule has 0 aromatic heterocycles. The number of rotatable bonds is 3. The van der Waals surface area contributed by atoms with Gasteiger partial charge in [0.05, 0.1) is 4.90 Å². The maximum atomic E-state index is 11.9. The first-order chi connectivity index (χ1) is 6.82. The first-order valence-electron chi connectivity index (χ1n) is 3.91. The van der Waals surface area contributed by atoms with E-state index in [0.29, 0.717) is 9.92 Å². The van der Waals surface area contributed by atoms with Crippen LogP contribution < -0.4 is 11.0 Å². The van der Waals surface area contributed by atoms with E-state index in [-0.39, 0.29) is 0 Å². The first-order valence-corrected chi connectivity index (χ1v) is 8.29. The Morgan fingerprint density at radius 3 is 2.27 bits per heavy atom. The van der Waals surface area contributed by atoms with E-state index in [9.17, 15) is 4.21 Å². The highest BCUT2D eigenvalue weighted by Gasteiger charge is 2.19. The molecular weight excluding hydrogens is 273 g/mol. The molecule has 1 aromatic rings. The van der Waals surface area contributed by atoms with Crippen molar-refractivity contribution in [1.29, 1.82) is 0 Å². The van der Waals surface area contributed by atoms with E-state index in [4.69, 9.17) is 34.4 Å². The normalized spacial score (nSPS) is 14.2. The van der Waals surface area contributed by atoms with Crippen LogP contribution >= 0.6 is 18.1 Å². The molecule has 0 fully saturated rings. The van der Waals surface area contributed by atoms with Crippen molar-refractivity contribution >= 4 is 40.9 Å². The van der Waals surface area contributed by atoms with E-state index in [1.54, 1.807) is 31.3 Å². The minimum Gasteiger partial charge on any atom is -0.279 e. The van der Waals surface area contributed by atoms with Crippen molar-refractivity contribution in [2.24, 2.45) is 11.0 Å². The predicted molar refractivity (Wildman–Crippen MR) is 68.3 cm³/mol. The van der Waals surface area contributed by atoms with Crippen LogP contribution in [0.1, 0.15) is 0 Å². The molecule has 1 atom stereocenters. The van der Waals surface area contributed by atoms with Gasteiger partial charge < -0.3 is 0 Å². The summed E-state index contributed by atoms with van der Waals surface area (Å²) in [7, 11) is 0.111. The number of hydrogen-bond acceptors (Lipinski definition) is 2. The highest BCUT2D eigenvalue weighted by atomic mass is 35.5. The molecule has 0 spiro atoms. The Hall–Kier alpha value is 0.190. The molecule has 0 saturated carbocycles. The topological polar surface area (TPSA) is 72.3 Å². The average molecular weight is 284 g/mol. The van der Waals surface area contributed by atoms with Gasteiger partial charge in [-0.1, -0.05) is 11.6 Å². The third-order valence-corrected chi connectivity index (χ3v) is 6.28. The molecule has 0 bridgehead atoms. The quantitative estimate of drug-likeness (QED) is 0.824. The Labute approximate surface area is 101 Å². The van der Waals surface area contributed by atoms with Crippen LogP contribution in [0.15, 0.2) is 29.2 Å². The third kappa shape index (κ3) is 3.60. The maximum absolute atomic E-state index is 11.9. The lowest BCUT2D eigenvalue weighted by Gasteiger charge is -2.22.